The lowest BCUT2D eigenvalue weighted by atomic mass is 10.2. The minimum absolute atomic E-state index is 0.766. The number of imidazole rings is 1. The highest BCUT2D eigenvalue weighted by Gasteiger charge is 2.11. The number of H-pyrrole nitrogens is 1. The van der Waals surface area contributed by atoms with Crippen molar-refractivity contribution >= 4 is 11.0 Å². The molecule has 1 heterocycles. The molecule has 0 spiro atoms. The van der Waals surface area contributed by atoms with E-state index in [1.54, 1.807) is 14.2 Å². The molecular formula is C11H14N2O2. The van der Waals surface area contributed by atoms with Crippen LogP contribution in [0.15, 0.2) is 12.1 Å². The number of benzene rings is 1. The fourth-order valence-corrected chi connectivity index (χ4v) is 1.59. The Balaban J connectivity index is 2.71. The van der Waals surface area contributed by atoms with E-state index in [4.69, 9.17) is 9.47 Å². The van der Waals surface area contributed by atoms with Gasteiger partial charge in [-0.3, -0.25) is 0 Å². The van der Waals surface area contributed by atoms with Gasteiger partial charge in [0.1, 0.15) is 28.4 Å². The monoisotopic (exact) mass is 206 g/mol. The lowest BCUT2D eigenvalue weighted by Crippen LogP contribution is -1.88. The van der Waals surface area contributed by atoms with Gasteiger partial charge < -0.3 is 14.5 Å². The van der Waals surface area contributed by atoms with E-state index in [1.165, 1.54) is 0 Å². The van der Waals surface area contributed by atoms with Crippen LogP contribution in [0, 0.1) is 0 Å². The number of hydrogen-bond acceptors (Lipinski definition) is 3. The summed E-state index contributed by atoms with van der Waals surface area (Å²) in [4.78, 5) is 7.67. The third-order valence-electron chi connectivity index (χ3n) is 2.39. The second-order valence-corrected chi connectivity index (χ2v) is 3.23. The number of nitrogens with zero attached hydrogens (tertiary/aromatic N) is 1. The molecule has 2 aromatic rings. The summed E-state index contributed by atoms with van der Waals surface area (Å²) in [6.07, 6.45) is 0.862. The summed E-state index contributed by atoms with van der Waals surface area (Å²) < 4.78 is 10.5. The van der Waals surface area contributed by atoms with Gasteiger partial charge in [0.2, 0.25) is 0 Å². The molecule has 15 heavy (non-hydrogen) atoms. The summed E-state index contributed by atoms with van der Waals surface area (Å²) in [5.41, 5.74) is 1.72. The van der Waals surface area contributed by atoms with Crippen LogP contribution in [-0.2, 0) is 6.42 Å². The summed E-state index contributed by atoms with van der Waals surface area (Å²) in [6, 6.07) is 3.74. The van der Waals surface area contributed by atoms with Crippen molar-refractivity contribution in [1.82, 2.24) is 9.97 Å². The summed E-state index contributed by atoms with van der Waals surface area (Å²) in [7, 11) is 3.29. The first-order valence-corrected chi connectivity index (χ1v) is 4.89. The molecule has 1 aromatic carbocycles. The minimum atomic E-state index is 0.766. The van der Waals surface area contributed by atoms with E-state index >= 15 is 0 Å². The van der Waals surface area contributed by atoms with Crippen LogP contribution in [-0.4, -0.2) is 24.2 Å². The fourth-order valence-electron chi connectivity index (χ4n) is 1.59. The molecule has 0 fully saturated rings. The Hall–Kier alpha value is -1.71. The van der Waals surface area contributed by atoms with Crippen LogP contribution in [0.5, 0.6) is 11.5 Å². The number of fused-ring (bicyclic) bond motifs is 1. The lowest BCUT2D eigenvalue weighted by Gasteiger charge is -2.04. The Bertz CT molecular complexity index is 436. The highest BCUT2D eigenvalue weighted by atomic mass is 16.5. The van der Waals surface area contributed by atoms with E-state index < -0.39 is 0 Å². The zero-order valence-electron chi connectivity index (χ0n) is 9.13. The summed E-state index contributed by atoms with van der Waals surface area (Å²) in [6.45, 7) is 2.05. The highest BCUT2D eigenvalue weighted by Crippen LogP contribution is 2.31. The van der Waals surface area contributed by atoms with Gasteiger partial charge in [0, 0.05) is 6.42 Å². The normalized spacial score (nSPS) is 10.6. The second kappa shape index (κ2) is 3.81. The van der Waals surface area contributed by atoms with Crippen molar-refractivity contribution in [1.29, 1.82) is 0 Å². The van der Waals surface area contributed by atoms with E-state index in [2.05, 4.69) is 16.9 Å². The number of rotatable bonds is 3. The first-order valence-electron chi connectivity index (χ1n) is 4.89. The second-order valence-electron chi connectivity index (χ2n) is 3.23. The molecule has 2 rings (SSSR count). The maximum atomic E-state index is 5.26. The largest absolute Gasteiger partial charge is 0.494 e. The minimum Gasteiger partial charge on any atom is -0.494 e. The molecule has 1 aromatic heterocycles. The first kappa shape index (κ1) is 9.83. The van der Waals surface area contributed by atoms with Crippen molar-refractivity contribution in [3.63, 3.8) is 0 Å². The predicted octanol–water partition coefficient (Wildman–Crippen LogP) is 2.14. The number of hydrogen-bond donors (Lipinski definition) is 1. The smallest absolute Gasteiger partial charge is 0.146 e. The average Bonchev–Trinajstić information content (AvgIpc) is 2.71. The van der Waals surface area contributed by atoms with Crippen LogP contribution < -0.4 is 9.47 Å². The first-order chi connectivity index (χ1) is 7.30. The van der Waals surface area contributed by atoms with Gasteiger partial charge >= 0.3 is 0 Å². The quantitative estimate of drug-likeness (QED) is 0.836. The van der Waals surface area contributed by atoms with Gasteiger partial charge in [-0.05, 0) is 12.1 Å². The molecule has 0 saturated carbocycles. The number of aromatic amines is 1. The Morgan fingerprint density at radius 1 is 1.20 bits per heavy atom. The van der Waals surface area contributed by atoms with Gasteiger partial charge in [-0.1, -0.05) is 6.92 Å². The van der Waals surface area contributed by atoms with Crippen LogP contribution >= 0.6 is 0 Å². The van der Waals surface area contributed by atoms with Gasteiger partial charge in [-0.2, -0.15) is 0 Å². The number of aryl methyl sites for hydroxylation is 1. The molecule has 0 unspecified atom stereocenters. The van der Waals surface area contributed by atoms with Crippen molar-refractivity contribution in [2.45, 2.75) is 13.3 Å². The van der Waals surface area contributed by atoms with Crippen LogP contribution in [0.2, 0.25) is 0 Å². The topological polar surface area (TPSA) is 47.1 Å². The Morgan fingerprint density at radius 3 is 2.47 bits per heavy atom. The Labute approximate surface area is 88.2 Å². The highest BCUT2D eigenvalue weighted by molar-refractivity contribution is 5.87. The van der Waals surface area contributed by atoms with E-state index in [0.29, 0.717) is 0 Å². The van der Waals surface area contributed by atoms with Crippen LogP contribution in [0.3, 0.4) is 0 Å². The lowest BCUT2D eigenvalue weighted by molar-refractivity contribution is 0.409. The molecule has 0 saturated heterocycles. The third-order valence-corrected chi connectivity index (χ3v) is 2.39. The zero-order valence-corrected chi connectivity index (χ0v) is 9.13. The molecule has 4 heteroatoms. The van der Waals surface area contributed by atoms with Gasteiger partial charge in [-0.15, -0.1) is 0 Å². The molecule has 0 bridgehead atoms. The number of aromatic nitrogens is 2. The van der Waals surface area contributed by atoms with Crippen LogP contribution in [0.4, 0.5) is 0 Å². The Morgan fingerprint density at radius 2 is 1.87 bits per heavy atom. The van der Waals surface area contributed by atoms with Gasteiger partial charge in [-0.25, -0.2) is 4.98 Å². The third kappa shape index (κ3) is 1.52. The molecule has 0 atom stereocenters. The van der Waals surface area contributed by atoms with E-state index in [0.717, 1.165) is 34.8 Å². The SMILES string of the molecule is CCc1nc2c(OC)ccc(OC)c2[nH]1. The van der Waals surface area contributed by atoms with E-state index in [9.17, 15) is 0 Å². The summed E-state index contributed by atoms with van der Waals surface area (Å²) >= 11 is 0. The molecular weight excluding hydrogens is 192 g/mol. The van der Waals surface area contributed by atoms with E-state index in [-0.39, 0.29) is 0 Å². The number of methoxy groups -OCH3 is 2. The molecule has 0 radical (unpaired) electrons. The number of nitrogens with one attached hydrogen (secondary N) is 1. The molecule has 0 aliphatic carbocycles. The van der Waals surface area contributed by atoms with Crippen LogP contribution in [0.25, 0.3) is 11.0 Å². The number of ether oxygens (including phenoxy) is 2. The van der Waals surface area contributed by atoms with Crippen molar-refractivity contribution in [3.05, 3.63) is 18.0 Å². The standard InChI is InChI=1S/C11H14N2O2/c1-4-9-12-10-7(14-2)5-6-8(15-3)11(10)13-9/h5-6H,4H2,1-3H3,(H,12,13). The zero-order chi connectivity index (χ0) is 10.8. The summed E-state index contributed by atoms with van der Waals surface area (Å²) in [5.74, 6) is 2.49. The summed E-state index contributed by atoms with van der Waals surface area (Å²) in [5, 5.41) is 0. The van der Waals surface area contributed by atoms with Gasteiger partial charge in [0.25, 0.3) is 0 Å². The van der Waals surface area contributed by atoms with Crippen molar-refractivity contribution in [2.24, 2.45) is 0 Å². The molecule has 1 N–H and O–H groups in total. The maximum Gasteiger partial charge on any atom is 0.146 e. The molecule has 0 amide bonds. The molecule has 0 aliphatic rings. The van der Waals surface area contributed by atoms with Gasteiger partial charge in [0.05, 0.1) is 14.2 Å². The average molecular weight is 206 g/mol. The maximum absolute atomic E-state index is 5.26. The van der Waals surface area contributed by atoms with Crippen molar-refractivity contribution < 1.29 is 9.47 Å². The van der Waals surface area contributed by atoms with Crippen molar-refractivity contribution in [2.75, 3.05) is 14.2 Å². The fraction of sp³-hybridized carbons (Fsp3) is 0.364. The van der Waals surface area contributed by atoms with E-state index in [1.807, 2.05) is 12.1 Å². The predicted molar refractivity (Wildman–Crippen MR) is 58.6 cm³/mol. The molecule has 4 nitrogen and oxygen atoms in total. The van der Waals surface area contributed by atoms with Crippen LogP contribution in [0.1, 0.15) is 12.7 Å². The van der Waals surface area contributed by atoms with Crippen molar-refractivity contribution in [3.8, 4) is 11.5 Å². The Kier molecular flexibility index (Phi) is 2.49. The molecule has 80 valence electrons. The van der Waals surface area contributed by atoms with Gasteiger partial charge in [0.15, 0.2) is 0 Å². The molecule has 0 aliphatic heterocycles.